The minimum Gasteiger partial charge on any atom is -0.493 e. The summed E-state index contributed by atoms with van der Waals surface area (Å²) in [5.41, 5.74) is 8.53. The molecule has 0 aromatic heterocycles. The third-order valence-electron chi connectivity index (χ3n) is 1.65. The quantitative estimate of drug-likeness (QED) is 0.315. The van der Waals surface area contributed by atoms with Crippen molar-refractivity contribution in [1.29, 1.82) is 0 Å². The molecular weight excluding hydrogens is 185 g/mol. The summed E-state index contributed by atoms with van der Waals surface area (Å²) in [7, 11) is 0. The van der Waals surface area contributed by atoms with Crippen LogP contribution in [-0.2, 0) is 0 Å². The standard InChI is InChI=1S/C9H10FN3O/c1-7-6-8(2-3-9(7)10)14-5-4-12-13-11/h2-3,6H,4-5H2,1H3. The summed E-state index contributed by atoms with van der Waals surface area (Å²) in [5, 5.41) is 3.31. The molecule has 0 bridgehead atoms. The van der Waals surface area contributed by atoms with Crippen molar-refractivity contribution in [2.75, 3.05) is 13.2 Å². The van der Waals surface area contributed by atoms with Gasteiger partial charge in [-0.05, 0) is 36.2 Å². The Hall–Kier alpha value is -1.74. The van der Waals surface area contributed by atoms with Crippen LogP contribution in [0.1, 0.15) is 5.56 Å². The van der Waals surface area contributed by atoms with Gasteiger partial charge in [-0.2, -0.15) is 0 Å². The summed E-state index contributed by atoms with van der Waals surface area (Å²) < 4.78 is 18.0. The Kier molecular flexibility index (Phi) is 3.76. The Bertz CT molecular complexity index is 361. The molecule has 0 aliphatic rings. The number of halogens is 1. The average Bonchev–Trinajstić information content (AvgIpc) is 2.18. The summed E-state index contributed by atoms with van der Waals surface area (Å²) >= 11 is 0. The van der Waals surface area contributed by atoms with Crippen molar-refractivity contribution in [3.8, 4) is 5.75 Å². The number of ether oxygens (including phenoxy) is 1. The summed E-state index contributed by atoms with van der Waals surface area (Å²) in [6.07, 6.45) is 0. The fourth-order valence-corrected chi connectivity index (χ4v) is 0.956. The summed E-state index contributed by atoms with van der Waals surface area (Å²) in [4.78, 5) is 2.58. The smallest absolute Gasteiger partial charge is 0.126 e. The van der Waals surface area contributed by atoms with Gasteiger partial charge in [0.15, 0.2) is 0 Å². The Morgan fingerprint density at radius 1 is 1.57 bits per heavy atom. The van der Waals surface area contributed by atoms with E-state index in [9.17, 15) is 4.39 Å². The first-order valence-electron chi connectivity index (χ1n) is 4.14. The van der Waals surface area contributed by atoms with Crippen LogP contribution in [0.4, 0.5) is 4.39 Å². The molecule has 1 aromatic rings. The van der Waals surface area contributed by atoms with E-state index < -0.39 is 0 Å². The highest BCUT2D eigenvalue weighted by atomic mass is 19.1. The number of nitrogens with zero attached hydrogens (tertiary/aromatic N) is 3. The first-order valence-corrected chi connectivity index (χ1v) is 4.14. The number of aryl methyl sites for hydroxylation is 1. The SMILES string of the molecule is Cc1cc(OCCN=[N+]=[N-])ccc1F. The highest BCUT2D eigenvalue weighted by molar-refractivity contribution is 5.28. The summed E-state index contributed by atoms with van der Waals surface area (Å²) in [5.74, 6) is 0.324. The van der Waals surface area contributed by atoms with Crippen molar-refractivity contribution in [2.24, 2.45) is 5.11 Å². The van der Waals surface area contributed by atoms with E-state index in [1.54, 1.807) is 19.1 Å². The first kappa shape index (κ1) is 10.3. The van der Waals surface area contributed by atoms with Crippen molar-refractivity contribution in [2.45, 2.75) is 6.92 Å². The van der Waals surface area contributed by atoms with Gasteiger partial charge in [0.1, 0.15) is 11.6 Å². The highest BCUT2D eigenvalue weighted by Crippen LogP contribution is 2.15. The lowest BCUT2D eigenvalue weighted by atomic mass is 10.2. The van der Waals surface area contributed by atoms with Crippen molar-refractivity contribution in [1.82, 2.24) is 0 Å². The van der Waals surface area contributed by atoms with Gasteiger partial charge in [-0.3, -0.25) is 0 Å². The van der Waals surface area contributed by atoms with Crippen LogP contribution in [0.3, 0.4) is 0 Å². The van der Waals surface area contributed by atoms with Crippen LogP contribution >= 0.6 is 0 Å². The lowest BCUT2D eigenvalue weighted by Gasteiger charge is -2.04. The van der Waals surface area contributed by atoms with Crippen LogP contribution in [0.25, 0.3) is 10.4 Å². The number of hydrogen-bond acceptors (Lipinski definition) is 2. The third-order valence-corrected chi connectivity index (χ3v) is 1.65. The van der Waals surface area contributed by atoms with Crippen LogP contribution in [0, 0.1) is 12.7 Å². The lowest BCUT2D eigenvalue weighted by Crippen LogP contribution is -2.00. The van der Waals surface area contributed by atoms with Gasteiger partial charge in [0, 0.05) is 4.91 Å². The maximum atomic E-state index is 12.8. The fraction of sp³-hybridized carbons (Fsp3) is 0.333. The maximum Gasteiger partial charge on any atom is 0.126 e. The van der Waals surface area contributed by atoms with Crippen LogP contribution in [0.15, 0.2) is 23.3 Å². The molecule has 5 heteroatoms. The molecule has 0 radical (unpaired) electrons. The minimum absolute atomic E-state index is 0.257. The fourth-order valence-electron chi connectivity index (χ4n) is 0.956. The molecule has 0 fully saturated rings. The van der Waals surface area contributed by atoms with Gasteiger partial charge in [-0.15, -0.1) is 0 Å². The Balaban J connectivity index is 2.51. The van der Waals surface area contributed by atoms with Crippen LogP contribution in [0.2, 0.25) is 0 Å². The molecule has 0 saturated heterocycles. The highest BCUT2D eigenvalue weighted by Gasteiger charge is 1.98. The second-order valence-electron chi connectivity index (χ2n) is 2.71. The minimum atomic E-state index is -0.257. The topological polar surface area (TPSA) is 58.0 Å². The Labute approximate surface area is 80.9 Å². The molecule has 4 nitrogen and oxygen atoms in total. The van der Waals surface area contributed by atoms with Crippen LogP contribution in [0.5, 0.6) is 5.75 Å². The van der Waals surface area contributed by atoms with Gasteiger partial charge in [0.05, 0.1) is 13.2 Å². The second-order valence-corrected chi connectivity index (χ2v) is 2.71. The first-order chi connectivity index (χ1) is 6.74. The van der Waals surface area contributed by atoms with Gasteiger partial charge >= 0.3 is 0 Å². The van der Waals surface area contributed by atoms with Crippen LogP contribution in [-0.4, -0.2) is 13.2 Å². The van der Waals surface area contributed by atoms with Crippen molar-refractivity contribution < 1.29 is 9.13 Å². The van der Waals surface area contributed by atoms with Gasteiger partial charge in [-0.1, -0.05) is 5.11 Å². The zero-order chi connectivity index (χ0) is 10.4. The van der Waals surface area contributed by atoms with Crippen molar-refractivity contribution >= 4 is 0 Å². The maximum absolute atomic E-state index is 12.8. The van der Waals surface area contributed by atoms with E-state index in [0.29, 0.717) is 17.9 Å². The normalized spacial score (nSPS) is 9.29. The average molecular weight is 195 g/mol. The molecule has 74 valence electrons. The molecule has 1 rings (SSSR count). The van der Waals surface area contributed by atoms with E-state index >= 15 is 0 Å². The molecular formula is C9H10FN3O. The Morgan fingerprint density at radius 2 is 2.36 bits per heavy atom. The molecule has 1 aromatic carbocycles. The predicted octanol–water partition coefficient (Wildman–Crippen LogP) is 2.82. The molecule has 0 heterocycles. The molecule has 0 saturated carbocycles. The summed E-state index contributed by atoms with van der Waals surface area (Å²) in [6, 6.07) is 4.49. The summed E-state index contributed by atoms with van der Waals surface area (Å²) in [6.45, 7) is 2.23. The molecule has 0 N–H and O–H groups in total. The van der Waals surface area contributed by atoms with E-state index in [2.05, 4.69) is 10.0 Å². The number of rotatable bonds is 4. The number of benzene rings is 1. The molecule has 0 atom stereocenters. The van der Waals surface area contributed by atoms with Crippen molar-refractivity contribution in [3.63, 3.8) is 0 Å². The zero-order valence-electron chi connectivity index (χ0n) is 7.77. The van der Waals surface area contributed by atoms with Gasteiger partial charge < -0.3 is 4.74 Å². The van der Waals surface area contributed by atoms with Gasteiger partial charge in [0.25, 0.3) is 0 Å². The number of azide groups is 1. The molecule has 0 aliphatic carbocycles. The van der Waals surface area contributed by atoms with E-state index in [1.807, 2.05) is 0 Å². The van der Waals surface area contributed by atoms with Gasteiger partial charge in [-0.25, -0.2) is 4.39 Å². The lowest BCUT2D eigenvalue weighted by molar-refractivity contribution is 0.327. The second kappa shape index (κ2) is 5.09. The predicted molar refractivity (Wildman–Crippen MR) is 50.6 cm³/mol. The van der Waals surface area contributed by atoms with E-state index in [1.165, 1.54) is 6.07 Å². The van der Waals surface area contributed by atoms with Crippen molar-refractivity contribution in [3.05, 3.63) is 40.0 Å². The van der Waals surface area contributed by atoms with Crippen LogP contribution < -0.4 is 4.74 Å². The number of hydrogen-bond donors (Lipinski definition) is 0. The molecule has 0 amide bonds. The van der Waals surface area contributed by atoms with E-state index in [-0.39, 0.29) is 12.4 Å². The Morgan fingerprint density at radius 3 is 3.00 bits per heavy atom. The molecule has 0 unspecified atom stereocenters. The zero-order valence-corrected chi connectivity index (χ0v) is 7.77. The largest absolute Gasteiger partial charge is 0.493 e. The monoisotopic (exact) mass is 195 g/mol. The van der Waals surface area contributed by atoms with Gasteiger partial charge in [0.2, 0.25) is 0 Å². The molecule has 14 heavy (non-hydrogen) atoms. The molecule has 0 spiro atoms. The van der Waals surface area contributed by atoms with E-state index in [4.69, 9.17) is 10.3 Å². The third kappa shape index (κ3) is 2.95. The molecule has 0 aliphatic heterocycles. The van der Waals surface area contributed by atoms with E-state index in [0.717, 1.165) is 0 Å².